The van der Waals surface area contributed by atoms with Crippen LogP contribution in [-0.2, 0) is 4.79 Å². The summed E-state index contributed by atoms with van der Waals surface area (Å²) >= 11 is 0. The van der Waals surface area contributed by atoms with E-state index in [9.17, 15) is 4.79 Å². The first kappa shape index (κ1) is 14.8. The number of hydrogen-bond donors (Lipinski definition) is 1. The monoisotopic (exact) mass is 267 g/mol. The summed E-state index contributed by atoms with van der Waals surface area (Å²) in [4.78, 5) is 16.9. The number of nitrogens with zero attached hydrogens (tertiary/aromatic N) is 2. The summed E-state index contributed by atoms with van der Waals surface area (Å²) < 4.78 is 0. The van der Waals surface area contributed by atoms with Gasteiger partial charge >= 0.3 is 0 Å². The molecule has 1 N–H and O–H groups in total. The van der Waals surface area contributed by atoms with E-state index in [1.54, 1.807) is 0 Å². The Balaban J connectivity index is 1.83. The minimum Gasteiger partial charge on any atom is -0.341 e. The van der Waals surface area contributed by atoms with Crippen molar-refractivity contribution < 1.29 is 4.79 Å². The molecule has 0 aliphatic carbocycles. The van der Waals surface area contributed by atoms with Crippen LogP contribution in [0.3, 0.4) is 0 Å². The maximum Gasteiger partial charge on any atom is 0.239 e. The van der Waals surface area contributed by atoms with Gasteiger partial charge in [0.25, 0.3) is 0 Å². The van der Waals surface area contributed by atoms with Crippen molar-refractivity contribution in [3.05, 3.63) is 0 Å². The second-order valence-corrected chi connectivity index (χ2v) is 6.37. The molecule has 0 aromatic rings. The number of piperazine rings is 1. The van der Waals surface area contributed by atoms with E-state index in [0.29, 0.717) is 5.91 Å². The average molecular weight is 267 g/mol. The number of nitrogens with one attached hydrogen (secondary N) is 1. The maximum absolute atomic E-state index is 12.5. The lowest BCUT2D eigenvalue weighted by atomic mass is 9.86. The molecule has 0 bridgehead atoms. The van der Waals surface area contributed by atoms with Gasteiger partial charge in [0.1, 0.15) is 0 Å². The normalized spacial score (nSPS) is 24.7. The summed E-state index contributed by atoms with van der Waals surface area (Å²) in [5, 5.41) is 3.34. The summed E-state index contributed by atoms with van der Waals surface area (Å²) in [5.41, 5.74) is 0. The van der Waals surface area contributed by atoms with E-state index in [2.05, 4.69) is 35.9 Å². The van der Waals surface area contributed by atoms with Crippen LogP contribution < -0.4 is 5.32 Å². The first-order chi connectivity index (χ1) is 9.09. The van der Waals surface area contributed by atoms with Crippen LogP contribution in [-0.4, -0.2) is 61.0 Å². The summed E-state index contributed by atoms with van der Waals surface area (Å²) in [6.45, 7) is 12.6. The molecule has 1 atom stereocenters. The minimum atomic E-state index is 0.0534. The molecule has 2 fully saturated rings. The van der Waals surface area contributed by atoms with Gasteiger partial charge in [-0.1, -0.05) is 13.8 Å². The summed E-state index contributed by atoms with van der Waals surface area (Å²) in [6, 6.07) is 0.0534. The van der Waals surface area contributed by atoms with Crippen molar-refractivity contribution >= 4 is 5.91 Å². The third-order valence-corrected chi connectivity index (χ3v) is 4.85. The molecule has 1 amide bonds. The van der Waals surface area contributed by atoms with Crippen LogP contribution in [0.4, 0.5) is 0 Å². The highest BCUT2D eigenvalue weighted by Crippen LogP contribution is 2.25. The number of hydrogen-bond acceptors (Lipinski definition) is 3. The molecule has 4 nitrogen and oxygen atoms in total. The molecule has 1 unspecified atom stereocenters. The van der Waals surface area contributed by atoms with E-state index >= 15 is 0 Å². The van der Waals surface area contributed by atoms with Gasteiger partial charge in [0.15, 0.2) is 0 Å². The van der Waals surface area contributed by atoms with Crippen LogP contribution in [0.2, 0.25) is 0 Å². The van der Waals surface area contributed by atoms with Crippen molar-refractivity contribution in [2.75, 3.05) is 39.3 Å². The first-order valence-corrected chi connectivity index (χ1v) is 7.83. The number of carbonyl (C=O) groups excluding carboxylic acids is 1. The fourth-order valence-corrected chi connectivity index (χ4v) is 3.28. The topological polar surface area (TPSA) is 35.6 Å². The Hall–Kier alpha value is -0.610. The molecule has 2 rings (SSSR count). The Morgan fingerprint density at radius 1 is 1.05 bits per heavy atom. The van der Waals surface area contributed by atoms with Crippen molar-refractivity contribution in [2.24, 2.45) is 11.8 Å². The molecule has 0 saturated carbocycles. The van der Waals surface area contributed by atoms with Gasteiger partial charge in [-0.05, 0) is 31.6 Å². The number of piperidine rings is 1. The van der Waals surface area contributed by atoms with E-state index in [-0.39, 0.29) is 6.04 Å². The fourth-order valence-electron chi connectivity index (χ4n) is 3.28. The van der Waals surface area contributed by atoms with Crippen LogP contribution in [0, 0.1) is 11.8 Å². The van der Waals surface area contributed by atoms with Crippen LogP contribution in [0.1, 0.15) is 33.6 Å². The zero-order valence-corrected chi connectivity index (χ0v) is 12.7. The summed E-state index contributed by atoms with van der Waals surface area (Å²) in [7, 11) is 0. The van der Waals surface area contributed by atoms with E-state index in [1.807, 2.05) is 0 Å². The SMILES string of the molecule is CC(C)C1CCN(C(=O)C(C)N2CCNCC2)CC1. The van der Waals surface area contributed by atoms with E-state index in [4.69, 9.17) is 0 Å². The van der Waals surface area contributed by atoms with Gasteiger partial charge < -0.3 is 10.2 Å². The standard InChI is InChI=1S/C15H29N3O/c1-12(2)14-4-8-18(9-5-14)15(19)13(3)17-10-6-16-7-11-17/h12-14,16H,4-11H2,1-3H3. The molecular weight excluding hydrogens is 238 g/mol. The maximum atomic E-state index is 12.5. The molecule has 0 aromatic heterocycles. The molecule has 0 spiro atoms. The van der Waals surface area contributed by atoms with Crippen LogP contribution >= 0.6 is 0 Å². The minimum absolute atomic E-state index is 0.0534. The van der Waals surface area contributed by atoms with Crippen LogP contribution in [0.5, 0.6) is 0 Å². The summed E-state index contributed by atoms with van der Waals surface area (Å²) in [6.07, 6.45) is 2.36. The lowest BCUT2D eigenvalue weighted by Gasteiger charge is -2.38. The van der Waals surface area contributed by atoms with Gasteiger partial charge in [-0.3, -0.25) is 9.69 Å². The Morgan fingerprint density at radius 3 is 2.16 bits per heavy atom. The fraction of sp³-hybridized carbons (Fsp3) is 0.933. The van der Waals surface area contributed by atoms with Gasteiger partial charge in [0.2, 0.25) is 5.91 Å². The Morgan fingerprint density at radius 2 is 1.63 bits per heavy atom. The molecule has 2 heterocycles. The lowest BCUT2D eigenvalue weighted by Crippen LogP contribution is -2.54. The molecular formula is C15H29N3O. The molecule has 2 saturated heterocycles. The molecule has 0 radical (unpaired) electrons. The largest absolute Gasteiger partial charge is 0.341 e. The van der Waals surface area contributed by atoms with E-state index in [0.717, 1.165) is 51.1 Å². The van der Waals surface area contributed by atoms with Gasteiger partial charge in [-0.15, -0.1) is 0 Å². The predicted octanol–water partition coefficient (Wildman–Crippen LogP) is 1.17. The van der Waals surface area contributed by atoms with Gasteiger partial charge in [0, 0.05) is 39.3 Å². The average Bonchev–Trinajstić information content (AvgIpc) is 2.46. The number of amides is 1. The Kier molecular flexibility index (Phi) is 5.22. The molecule has 2 aliphatic rings. The smallest absolute Gasteiger partial charge is 0.239 e. The second kappa shape index (κ2) is 6.71. The Labute approximate surface area is 117 Å². The highest BCUT2D eigenvalue weighted by Gasteiger charge is 2.30. The van der Waals surface area contributed by atoms with Crippen molar-refractivity contribution in [1.82, 2.24) is 15.1 Å². The quantitative estimate of drug-likeness (QED) is 0.834. The van der Waals surface area contributed by atoms with Gasteiger partial charge in [-0.25, -0.2) is 0 Å². The zero-order valence-electron chi connectivity index (χ0n) is 12.7. The molecule has 4 heteroatoms. The van der Waals surface area contributed by atoms with Crippen molar-refractivity contribution in [3.63, 3.8) is 0 Å². The van der Waals surface area contributed by atoms with Crippen molar-refractivity contribution in [2.45, 2.75) is 39.7 Å². The van der Waals surface area contributed by atoms with Crippen molar-refractivity contribution in [3.8, 4) is 0 Å². The highest BCUT2D eigenvalue weighted by atomic mass is 16.2. The number of likely N-dealkylation sites (tertiary alicyclic amines) is 1. The first-order valence-electron chi connectivity index (χ1n) is 7.83. The molecule has 19 heavy (non-hydrogen) atoms. The van der Waals surface area contributed by atoms with E-state index in [1.165, 1.54) is 12.8 Å². The number of rotatable bonds is 3. The van der Waals surface area contributed by atoms with Crippen LogP contribution in [0.15, 0.2) is 0 Å². The van der Waals surface area contributed by atoms with Gasteiger partial charge in [-0.2, -0.15) is 0 Å². The number of carbonyl (C=O) groups is 1. The summed E-state index contributed by atoms with van der Waals surface area (Å²) in [5.74, 6) is 1.89. The zero-order chi connectivity index (χ0) is 13.8. The van der Waals surface area contributed by atoms with Crippen molar-refractivity contribution in [1.29, 1.82) is 0 Å². The molecule has 2 aliphatic heterocycles. The predicted molar refractivity (Wildman–Crippen MR) is 78.0 cm³/mol. The van der Waals surface area contributed by atoms with E-state index < -0.39 is 0 Å². The highest BCUT2D eigenvalue weighted by molar-refractivity contribution is 5.81. The third kappa shape index (κ3) is 3.69. The third-order valence-electron chi connectivity index (χ3n) is 4.85. The second-order valence-electron chi connectivity index (χ2n) is 6.37. The van der Waals surface area contributed by atoms with Crippen LogP contribution in [0.25, 0.3) is 0 Å². The molecule has 110 valence electrons. The Bertz CT molecular complexity index is 292. The lowest BCUT2D eigenvalue weighted by molar-refractivity contribution is -0.138. The van der Waals surface area contributed by atoms with Gasteiger partial charge in [0.05, 0.1) is 6.04 Å². The molecule has 0 aromatic carbocycles.